The number of amidine groups is 1. The summed E-state index contributed by atoms with van der Waals surface area (Å²) in [5.41, 5.74) is -1.22. The summed E-state index contributed by atoms with van der Waals surface area (Å²) in [5.74, 6) is 0.782. The van der Waals surface area contributed by atoms with Gasteiger partial charge in [-0.05, 0) is 42.2 Å². The molecule has 0 aromatic heterocycles. The van der Waals surface area contributed by atoms with Gasteiger partial charge in [-0.1, -0.05) is 19.3 Å². The highest BCUT2D eigenvalue weighted by atomic mass is 32.2. The number of hydrogen-bond acceptors (Lipinski definition) is 6. The summed E-state index contributed by atoms with van der Waals surface area (Å²) in [6.07, 6.45) is 1.99. The molecule has 0 spiro atoms. The Morgan fingerprint density at radius 1 is 1.13 bits per heavy atom. The summed E-state index contributed by atoms with van der Waals surface area (Å²) in [5, 5.41) is 12.1. The van der Waals surface area contributed by atoms with Crippen molar-refractivity contribution in [1.29, 1.82) is 0 Å². The van der Waals surface area contributed by atoms with E-state index in [0.29, 0.717) is 11.2 Å². The topological polar surface area (TPSA) is 62.0 Å². The number of hydrogen-bond donors (Lipinski definition) is 0. The van der Waals surface area contributed by atoms with Gasteiger partial charge in [0.2, 0.25) is 0 Å². The maximum Gasteiger partial charge on any atom is 0.416 e. The smallest absolute Gasteiger partial charge is 0.349 e. The fraction of sp³-hybridized carbons (Fsp3) is 0.650. The van der Waals surface area contributed by atoms with Crippen LogP contribution in [0.3, 0.4) is 0 Å². The predicted octanol–water partition coefficient (Wildman–Crippen LogP) is 4.77. The van der Waals surface area contributed by atoms with E-state index in [4.69, 9.17) is 0 Å². The molecule has 2 aliphatic heterocycles. The highest BCUT2D eigenvalue weighted by Gasteiger charge is 2.36. The van der Waals surface area contributed by atoms with Gasteiger partial charge in [-0.25, -0.2) is 0 Å². The maximum absolute atomic E-state index is 13.1. The van der Waals surface area contributed by atoms with Crippen LogP contribution in [0, 0.1) is 16.0 Å². The van der Waals surface area contributed by atoms with Crippen LogP contribution in [-0.2, 0) is 12.7 Å². The van der Waals surface area contributed by atoms with Gasteiger partial charge in [0, 0.05) is 38.8 Å². The molecule has 30 heavy (non-hydrogen) atoms. The molecule has 1 saturated carbocycles. The third-order valence-electron chi connectivity index (χ3n) is 6.13. The lowest BCUT2D eigenvalue weighted by Gasteiger charge is -2.38. The van der Waals surface area contributed by atoms with Gasteiger partial charge in [-0.3, -0.25) is 20.0 Å². The molecule has 10 heteroatoms. The van der Waals surface area contributed by atoms with E-state index in [1.54, 1.807) is 0 Å². The summed E-state index contributed by atoms with van der Waals surface area (Å²) < 4.78 is 39.3. The van der Waals surface area contributed by atoms with Gasteiger partial charge in [-0.15, -0.1) is 0 Å². The zero-order valence-corrected chi connectivity index (χ0v) is 17.5. The van der Waals surface area contributed by atoms with Crippen LogP contribution in [0.2, 0.25) is 0 Å². The number of piperazine rings is 1. The molecule has 4 rings (SSSR count). The lowest BCUT2D eigenvalue weighted by atomic mass is 9.89. The number of thioether (sulfide) groups is 1. The fourth-order valence-corrected chi connectivity index (χ4v) is 5.62. The number of fused-ring (bicyclic) bond motifs is 1. The Kier molecular flexibility index (Phi) is 6.24. The first-order valence-electron chi connectivity index (χ1n) is 10.4. The largest absolute Gasteiger partial charge is 0.416 e. The van der Waals surface area contributed by atoms with Gasteiger partial charge in [0.15, 0.2) is 5.17 Å². The van der Waals surface area contributed by atoms with E-state index in [0.717, 1.165) is 56.5 Å². The van der Waals surface area contributed by atoms with Crippen molar-refractivity contribution in [1.82, 2.24) is 9.80 Å². The van der Waals surface area contributed by atoms with Gasteiger partial charge in [-0.2, -0.15) is 13.2 Å². The number of nitro groups is 1. The Bertz CT molecular complexity index is 832. The second-order valence-corrected chi connectivity index (χ2v) is 9.21. The summed E-state index contributed by atoms with van der Waals surface area (Å²) in [6.45, 7) is 4.55. The fourth-order valence-electron chi connectivity index (χ4n) is 4.50. The summed E-state index contributed by atoms with van der Waals surface area (Å²) in [4.78, 5) is 20.0. The molecule has 164 valence electrons. The van der Waals surface area contributed by atoms with E-state index in [1.807, 2.05) is 0 Å². The molecule has 2 fully saturated rings. The van der Waals surface area contributed by atoms with E-state index in [9.17, 15) is 23.3 Å². The molecule has 0 atom stereocenters. The number of alkyl halides is 3. The molecule has 2 heterocycles. The van der Waals surface area contributed by atoms with Crippen LogP contribution in [0.1, 0.15) is 43.2 Å². The van der Waals surface area contributed by atoms with Crippen molar-refractivity contribution in [2.45, 2.75) is 49.7 Å². The molecule has 0 bridgehead atoms. The minimum atomic E-state index is -4.62. The van der Waals surface area contributed by atoms with E-state index < -0.39 is 22.4 Å². The lowest BCUT2D eigenvalue weighted by Crippen LogP contribution is -2.49. The van der Waals surface area contributed by atoms with Gasteiger partial charge in [0.1, 0.15) is 0 Å². The molecule has 0 unspecified atom stereocenters. The Morgan fingerprint density at radius 3 is 2.47 bits per heavy atom. The molecule has 1 saturated heterocycles. The normalized spacial score (nSPS) is 21.3. The molecule has 3 aliphatic rings. The van der Waals surface area contributed by atoms with Crippen LogP contribution in [0.4, 0.5) is 18.9 Å². The van der Waals surface area contributed by atoms with Crippen molar-refractivity contribution in [2.75, 3.05) is 32.7 Å². The second-order valence-electron chi connectivity index (χ2n) is 8.23. The Balaban J connectivity index is 1.42. The first-order valence-corrected chi connectivity index (χ1v) is 11.2. The summed E-state index contributed by atoms with van der Waals surface area (Å²) in [6, 6.07) is 1.62. The highest BCUT2D eigenvalue weighted by Crippen LogP contribution is 2.42. The second kappa shape index (κ2) is 8.74. The van der Waals surface area contributed by atoms with E-state index in [1.165, 1.54) is 32.1 Å². The van der Waals surface area contributed by atoms with Crippen LogP contribution in [0.25, 0.3) is 0 Å². The average molecular weight is 443 g/mol. The summed E-state index contributed by atoms with van der Waals surface area (Å²) >= 11 is 1.12. The molecule has 0 radical (unpaired) electrons. The van der Waals surface area contributed by atoms with Crippen LogP contribution >= 0.6 is 11.8 Å². The molecule has 0 amide bonds. The van der Waals surface area contributed by atoms with Crippen LogP contribution < -0.4 is 0 Å². The van der Waals surface area contributed by atoms with E-state index in [-0.39, 0.29) is 17.0 Å². The zero-order valence-electron chi connectivity index (χ0n) is 16.7. The van der Waals surface area contributed by atoms with Crippen molar-refractivity contribution >= 4 is 22.6 Å². The Hall–Kier alpha value is -1.81. The van der Waals surface area contributed by atoms with Gasteiger partial charge in [0.25, 0.3) is 5.69 Å². The number of nitrogens with zero attached hydrogens (tertiary/aromatic N) is 4. The first kappa shape index (κ1) is 21.4. The average Bonchev–Trinajstić information content (AvgIpc) is 2.73. The number of nitro benzene ring substituents is 1. The molecular weight excluding hydrogens is 417 g/mol. The SMILES string of the molecule is O=[N+]([O-])c1cc(C(F)(F)F)cc2c1SC(N1CCN(CC3CCCCC3)CC1)=NC2. The molecule has 1 aromatic rings. The van der Waals surface area contributed by atoms with Crippen LogP contribution in [0.15, 0.2) is 22.0 Å². The van der Waals surface area contributed by atoms with Gasteiger partial charge in [0.05, 0.1) is 21.9 Å². The van der Waals surface area contributed by atoms with Crippen molar-refractivity contribution in [3.05, 3.63) is 33.4 Å². The quantitative estimate of drug-likeness (QED) is 0.498. The predicted molar refractivity (Wildman–Crippen MR) is 110 cm³/mol. The minimum Gasteiger partial charge on any atom is -0.349 e. The number of benzene rings is 1. The van der Waals surface area contributed by atoms with Gasteiger partial charge < -0.3 is 4.90 Å². The van der Waals surface area contributed by atoms with Crippen LogP contribution in [0.5, 0.6) is 0 Å². The van der Waals surface area contributed by atoms with Crippen molar-refractivity contribution < 1.29 is 18.1 Å². The number of rotatable bonds is 3. The van der Waals surface area contributed by atoms with Gasteiger partial charge >= 0.3 is 6.18 Å². The van der Waals surface area contributed by atoms with Crippen LogP contribution in [-0.4, -0.2) is 52.6 Å². The maximum atomic E-state index is 13.1. The Labute approximate surface area is 177 Å². The molecule has 0 N–H and O–H groups in total. The third-order valence-corrected chi connectivity index (χ3v) is 7.38. The van der Waals surface area contributed by atoms with Crippen molar-refractivity contribution in [2.24, 2.45) is 10.9 Å². The van der Waals surface area contributed by atoms with Crippen molar-refractivity contribution in [3.63, 3.8) is 0 Å². The highest BCUT2D eigenvalue weighted by molar-refractivity contribution is 8.14. The van der Waals surface area contributed by atoms with E-state index in [2.05, 4.69) is 14.8 Å². The molecule has 6 nitrogen and oxygen atoms in total. The molecule has 1 aromatic carbocycles. The first-order chi connectivity index (χ1) is 14.3. The Morgan fingerprint density at radius 2 is 1.83 bits per heavy atom. The molecule has 1 aliphatic carbocycles. The lowest BCUT2D eigenvalue weighted by molar-refractivity contribution is -0.388. The standard InChI is InChI=1S/C20H25F3N4O2S/c21-20(22,23)16-10-15-12-24-19(30-18(15)17(11-16)27(28)29)26-8-6-25(7-9-26)13-14-4-2-1-3-5-14/h10-11,14H,1-9,12-13H2. The van der Waals surface area contributed by atoms with Crippen molar-refractivity contribution in [3.8, 4) is 0 Å². The third kappa shape index (κ3) is 4.74. The molecular formula is C20H25F3N4O2S. The monoisotopic (exact) mass is 442 g/mol. The summed E-state index contributed by atoms with van der Waals surface area (Å²) in [7, 11) is 0. The number of halogens is 3. The zero-order chi connectivity index (χ0) is 21.3. The van der Waals surface area contributed by atoms with E-state index >= 15 is 0 Å². The minimum absolute atomic E-state index is 0.0325. The number of aliphatic imine (C=N–C) groups is 1.